The summed E-state index contributed by atoms with van der Waals surface area (Å²) in [7, 11) is 0. The lowest BCUT2D eigenvalue weighted by atomic mass is 10.1. The van der Waals surface area contributed by atoms with Crippen molar-refractivity contribution in [2.24, 2.45) is 0 Å². The minimum absolute atomic E-state index is 0.669. The van der Waals surface area contributed by atoms with Crippen molar-refractivity contribution in [2.45, 2.75) is 6.92 Å². The van der Waals surface area contributed by atoms with E-state index in [4.69, 9.17) is 4.74 Å². The number of thiophene rings is 1. The van der Waals surface area contributed by atoms with Gasteiger partial charge in [-0.1, -0.05) is 24.3 Å². The number of anilines is 2. The summed E-state index contributed by atoms with van der Waals surface area (Å²) in [5.41, 5.74) is 4.55. The highest BCUT2D eigenvalue weighted by Crippen LogP contribution is 2.34. The van der Waals surface area contributed by atoms with Crippen LogP contribution in [0, 0.1) is 6.92 Å². The van der Waals surface area contributed by atoms with E-state index in [9.17, 15) is 0 Å². The molecule has 4 heterocycles. The van der Waals surface area contributed by atoms with Crippen molar-refractivity contribution in [3.8, 4) is 22.1 Å². The minimum atomic E-state index is 0.669. The van der Waals surface area contributed by atoms with E-state index in [0.29, 0.717) is 17.3 Å². The number of nitrogens with one attached hydrogen (secondary N) is 1. The van der Waals surface area contributed by atoms with Gasteiger partial charge in [0.05, 0.1) is 10.4 Å². The molecular formula is C27H19N5OS. The lowest BCUT2D eigenvalue weighted by Crippen LogP contribution is -1.99. The van der Waals surface area contributed by atoms with E-state index in [-0.39, 0.29) is 0 Å². The maximum atomic E-state index is 6.08. The van der Waals surface area contributed by atoms with Crippen LogP contribution >= 0.6 is 11.3 Å². The molecule has 0 amide bonds. The molecule has 4 aromatic heterocycles. The molecule has 0 unspecified atom stereocenters. The molecule has 2 aromatic carbocycles. The normalized spacial score (nSPS) is 11.1. The number of hydrogen-bond acceptors (Lipinski definition) is 7. The first-order valence-electron chi connectivity index (χ1n) is 10.8. The molecule has 0 saturated carbocycles. The maximum Gasteiger partial charge on any atom is 0.161 e. The zero-order valence-corrected chi connectivity index (χ0v) is 19.1. The summed E-state index contributed by atoms with van der Waals surface area (Å²) in [5.74, 6) is 2.09. The monoisotopic (exact) mass is 461 g/mol. The second-order valence-corrected chi connectivity index (χ2v) is 8.77. The van der Waals surface area contributed by atoms with Gasteiger partial charge < -0.3 is 10.1 Å². The van der Waals surface area contributed by atoms with Gasteiger partial charge in [0.15, 0.2) is 11.6 Å². The Morgan fingerprint density at radius 3 is 2.50 bits per heavy atom. The molecule has 0 aliphatic heterocycles. The predicted molar refractivity (Wildman–Crippen MR) is 137 cm³/mol. The van der Waals surface area contributed by atoms with Gasteiger partial charge in [-0.3, -0.25) is 9.97 Å². The summed E-state index contributed by atoms with van der Waals surface area (Å²) in [4.78, 5) is 9.84. The molecule has 0 saturated heterocycles. The zero-order valence-electron chi connectivity index (χ0n) is 18.3. The Hall–Kier alpha value is -4.36. The average molecular weight is 462 g/mol. The van der Waals surface area contributed by atoms with E-state index in [1.165, 1.54) is 5.56 Å². The summed E-state index contributed by atoms with van der Waals surface area (Å²) in [5, 5.41) is 16.7. The highest BCUT2D eigenvalue weighted by Gasteiger charge is 2.13. The van der Waals surface area contributed by atoms with Crippen LogP contribution in [0.3, 0.4) is 0 Å². The Morgan fingerprint density at radius 1 is 0.824 bits per heavy atom. The van der Waals surface area contributed by atoms with Gasteiger partial charge in [-0.05, 0) is 60.3 Å². The first-order valence-corrected chi connectivity index (χ1v) is 11.7. The predicted octanol–water partition coefficient (Wildman–Crippen LogP) is 7.15. The second kappa shape index (κ2) is 8.53. The van der Waals surface area contributed by atoms with E-state index < -0.39 is 0 Å². The standard InChI is InChI=1S/C27H19N5OS/c1-17-15-24(34-16-17)25-20-5-2-3-6-21(20)27(32-31-25)30-18-8-10-19(11-9-18)33-23-12-14-28-22-7-4-13-29-26(22)23/h2-16H,1H3,(H,30,32). The number of fused-ring (bicyclic) bond motifs is 2. The molecule has 0 radical (unpaired) electrons. The first kappa shape index (κ1) is 20.3. The van der Waals surface area contributed by atoms with Gasteiger partial charge in [-0.2, -0.15) is 0 Å². The van der Waals surface area contributed by atoms with Crippen molar-refractivity contribution in [1.82, 2.24) is 20.2 Å². The molecule has 0 spiro atoms. The van der Waals surface area contributed by atoms with E-state index >= 15 is 0 Å². The van der Waals surface area contributed by atoms with Crippen molar-refractivity contribution in [3.05, 3.63) is 96.1 Å². The van der Waals surface area contributed by atoms with Crippen LogP contribution in [-0.2, 0) is 0 Å². The fraction of sp³-hybridized carbons (Fsp3) is 0.0370. The van der Waals surface area contributed by atoms with Gasteiger partial charge in [0.25, 0.3) is 0 Å². The van der Waals surface area contributed by atoms with Gasteiger partial charge in [-0.25, -0.2) is 0 Å². The number of rotatable bonds is 5. The fourth-order valence-corrected chi connectivity index (χ4v) is 4.74. The lowest BCUT2D eigenvalue weighted by Gasteiger charge is -2.12. The van der Waals surface area contributed by atoms with Crippen molar-refractivity contribution in [1.29, 1.82) is 0 Å². The number of benzene rings is 2. The molecule has 6 aromatic rings. The summed E-state index contributed by atoms with van der Waals surface area (Å²) < 4.78 is 6.08. The third kappa shape index (κ3) is 3.82. The third-order valence-corrected chi connectivity index (χ3v) is 6.51. The Balaban J connectivity index is 1.28. The van der Waals surface area contributed by atoms with Crippen molar-refractivity contribution in [3.63, 3.8) is 0 Å². The summed E-state index contributed by atoms with van der Waals surface area (Å²) in [6, 6.07) is 23.7. The summed E-state index contributed by atoms with van der Waals surface area (Å²) in [6.07, 6.45) is 3.46. The number of nitrogens with zero attached hydrogens (tertiary/aromatic N) is 4. The average Bonchev–Trinajstić information content (AvgIpc) is 3.31. The number of aromatic nitrogens is 4. The van der Waals surface area contributed by atoms with Gasteiger partial charge in [0.2, 0.25) is 0 Å². The lowest BCUT2D eigenvalue weighted by molar-refractivity contribution is 0.487. The molecule has 164 valence electrons. The van der Waals surface area contributed by atoms with Crippen molar-refractivity contribution in [2.75, 3.05) is 5.32 Å². The maximum absolute atomic E-state index is 6.08. The highest BCUT2D eigenvalue weighted by atomic mass is 32.1. The molecule has 0 aliphatic carbocycles. The molecule has 1 N–H and O–H groups in total. The van der Waals surface area contributed by atoms with Gasteiger partial charge in [-0.15, -0.1) is 21.5 Å². The SMILES string of the molecule is Cc1csc(-c2nnc(Nc3ccc(Oc4ccnc5cccnc45)cc3)c3ccccc23)c1. The number of hydrogen-bond donors (Lipinski definition) is 1. The van der Waals surface area contributed by atoms with Crippen LogP contribution < -0.4 is 10.1 Å². The number of pyridine rings is 2. The van der Waals surface area contributed by atoms with Gasteiger partial charge in [0, 0.05) is 34.9 Å². The van der Waals surface area contributed by atoms with Crippen LogP contribution in [0.4, 0.5) is 11.5 Å². The van der Waals surface area contributed by atoms with E-state index in [0.717, 1.165) is 38.1 Å². The van der Waals surface area contributed by atoms with Crippen LogP contribution in [-0.4, -0.2) is 20.2 Å². The molecule has 0 atom stereocenters. The highest BCUT2D eigenvalue weighted by molar-refractivity contribution is 7.13. The topological polar surface area (TPSA) is 72.8 Å². The Kier molecular flexibility index (Phi) is 5.08. The third-order valence-electron chi connectivity index (χ3n) is 5.46. The Morgan fingerprint density at radius 2 is 1.68 bits per heavy atom. The smallest absolute Gasteiger partial charge is 0.161 e. The fourth-order valence-electron chi connectivity index (χ4n) is 3.84. The quantitative estimate of drug-likeness (QED) is 0.294. The largest absolute Gasteiger partial charge is 0.455 e. The molecule has 0 fully saturated rings. The van der Waals surface area contributed by atoms with E-state index in [2.05, 4.69) is 56.0 Å². The van der Waals surface area contributed by atoms with Crippen LogP contribution in [0.1, 0.15) is 5.56 Å². The molecule has 6 nitrogen and oxygen atoms in total. The Labute approximate surface area is 199 Å². The van der Waals surface area contributed by atoms with E-state index in [1.54, 1.807) is 23.7 Å². The molecule has 34 heavy (non-hydrogen) atoms. The van der Waals surface area contributed by atoms with Crippen LogP contribution in [0.25, 0.3) is 32.4 Å². The minimum Gasteiger partial charge on any atom is -0.455 e. The Bertz CT molecular complexity index is 1620. The zero-order chi connectivity index (χ0) is 22.9. The summed E-state index contributed by atoms with van der Waals surface area (Å²) >= 11 is 1.68. The first-order chi connectivity index (χ1) is 16.7. The van der Waals surface area contributed by atoms with Gasteiger partial charge in [0.1, 0.15) is 17.0 Å². The second-order valence-electron chi connectivity index (χ2n) is 7.86. The molecular weight excluding hydrogens is 442 g/mol. The molecule has 6 rings (SSSR count). The summed E-state index contributed by atoms with van der Waals surface area (Å²) in [6.45, 7) is 2.09. The van der Waals surface area contributed by atoms with Gasteiger partial charge >= 0.3 is 0 Å². The molecule has 0 aliphatic rings. The van der Waals surface area contributed by atoms with E-state index in [1.807, 2.05) is 54.6 Å². The molecule has 0 bridgehead atoms. The van der Waals surface area contributed by atoms with Crippen molar-refractivity contribution >= 4 is 44.6 Å². The molecule has 7 heteroatoms. The number of aryl methyl sites for hydroxylation is 1. The van der Waals surface area contributed by atoms with Crippen LogP contribution in [0.15, 0.2) is 90.6 Å². The van der Waals surface area contributed by atoms with Crippen LogP contribution in [0.2, 0.25) is 0 Å². The van der Waals surface area contributed by atoms with Crippen molar-refractivity contribution < 1.29 is 4.74 Å². The number of ether oxygens (including phenoxy) is 1. The van der Waals surface area contributed by atoms with Crippen LogP contribution in [0.5, 0.6) is 11.5 Å².